The lowest BCUT2D eigenvalue weighted by atomic mass is 9.89. The van der Waals surface area contributed by atoms with Crippen molar-refractivity contribution in [3.63, 3.8) is 0 Å². The van der Waals surface area contributed by atoms with Gasteiger partial charge >= 0.3 is 0 Å². The number of nitrogens with one attached hydrogen (secondary N) is 1. The molecule has 1 fully saturated rings. The second-order valence-electron chi connectivity index (χ2n) is 8.54. The van der Waals surface area contributed by atoms with E-state index in [2.05, 4.69) is 27.6 Å². The van der Waals surface area contributed by atoms with Gasteiger partial charge in [-0.15, -0.1) is 5.10 Å². The maximum atomic E-state index is 13.6. The van der Waals surface area contributed by atoms with Crippen LogP contribution in [0.15, 0.2) is 42.6 Å². The van der Waals surface area contributed by atoms with Gasteiger partial charge in [0.2, 0.25) is 0 Å². The Morgan fingerprint density at radius 3 is 2.55 bits per heavy atom. The molecule has 2 N–H and O–H groups in total. The maximum absolute atomic E-state index is 13.6. The Labute approximate surface area is 189 Å². The largest absolute Gasteiger partial charge is 0.369 e. The molecular formula is C24H23F2N5O2. The van der Waals surface area contributed by atoms with Crippen LogP contribution in [-0.2, 0) is 0 Å². The van der Waals surface area contributed by atoms with Crippen molar-refractivity contribution in [2.75, 3.05) is 25.5 Å². The molecule has 1 atom stereocenters. The molecule has 5 rings (SSSR count). The van der Waals surface area contributed by atoms with E-state index in [-0.39, 0.29) is 11.7 Å². The minimum absolute atomic E-state index is 0.0541. The number of hydrogen-bond donors (Lipinski definition) is 2. The molecule has 33 heavy (non-hydrogen) atoms. The van der Waals surface area contributed by atoms with Gasteiger partial charge in [0, 0.05) is 34.4 Å². The lowest BCUT2D eigenvalue weighted by molar-refractivity contribution is 0.0857. The van der Waals surface area contributed by atoms with Crippen molar-refractivity contribution in [2.24, 2.45) is 5.92 Å². The van der Waals surface area contributed by atoms with Gasteiger partial charge in [0.15, 0.2) is 23.6 Å². The fourth-order valence-corrected chi connectivity index (χ4v) is 4.30. The third-order valence-corrected chi connectivity index (χ3v) is 6.29. The average Bonchev–Trinajstić information content (AvgIpc) is 3.30. The van der Waals surface area contributed by atoms with Crippen LogP contribution in [0.2, 0.25) is 0 Å². The van der Waals surface area contributed by atoms with E-state index >= 15 is 0 Å². The third kappa shape index (κ3) is 4.17. The van der Waals surface area contributed by atoms with Gasteiger partial charge in [-0.2, -0.15) is 0 Å². The minimum atomic E-state index is -1.15. The van der Waals surface area contributed by atoms with Gasteiger partial charge in [0.1, 0.15) is 5.69 Å². The number of carbonyl (C=O) groups excluding carboxylic acids is 1. The van der Waals surface area contributed by atoms with Crippen molar-refractivity contribution in [3.05, 3.63) is 71.1 Å². The number of aliphatic hydroxyl groups is 1. The van der Waals surface area contributed by atoms with E-state index in [1.807, 2.05) is 0 Å². The molecule has 1 saturated heterocycles. The zero-order chi connectivity index (χ0) is 23.1. The molecule has 0 radical (unpaired) electrons. The molecule has 2 aliphatic heterocycles. The van der Waals surface area contributed by atoms with Crippen molar-refractivity contribution < 1.29 is 18.7 Å². The summed E-state index contributed by atoms with van der Waals surface area (Å²) in [5, 5.41) is 21.4. The van der Waals surface area contributed by atoms with Gasteiger partial charge in [-0.1, -0.05) is 5.21 Å². The number of ketones is 1. The summed E-state index contributed by atoms with van der Waals surface area (Å²) in [5.41, 5.74) is 2.85. The summed E-state index contributed by atoms with van der Waals surface area (Å²) in [6.07, 6.45) is 3.78. The predicted octanol–water partition coefficient (Wildman–Crippen LogP) is 3.35. The third-order valence-electron chi connectivity index (χ3n) is 6.29. The Morgan fingerprint density at radius 1 is 1.12 bits per heavy atom. The van der Waals surface area contributed by atoms with Crippen LogP contribution in [0, 0.1) is 17.6 Å². The molecule has 1 unspecified atom stereocenters. The van der Waals surface area contributed by atoms with E-state index in [9.17, 15) is 18.7 Å². The Balaban J connectivity index is 1.36. The topological polar surface area (TPSA) is 83.3 Å². The highest BCUT2D eigenvalue weighted by Gasteiger charge is 2.25. The number of aromatic nitrogens is 3. The lowest BCUT2D eigenvalue weighted by Gasteiger charge is -2.28. The number of piperidine rings is 1. The van der Waals surface area contributed by atoms with Gasteiger partial charge < -0.3 is 15.3 Å². The summed E-state index contributed by atoms with van der Waals surface area (Å²) < 4.78 is 28.6. The number of benzene rings is 2. The average molecular weight is 451 g/mol. The number of rotatable bonds is 4. The van der Waals surface area contributed by atoms with Crippen molar-refractivity contribution >= 4 is 23.1 Å². The number of aliphatic hydroxyl groups excluding tert-OH is 1. The van der Waals surface area contributed by atoms with Crippen molar-refractivity contribution in [3.8, 4) is 5.69 Å². The first kappa shape index (κ1) is 21.4. The smallest absolute Gasteiger partial charge is 0.166 e. The van der Waals surface area contributed by atoms with E-state index in [4.69, 9.17) is 0 Å². The zero-order valence-corrected chi connectivity index (χ0v) is 18.0. The van der Waals surface area contributed by atoms with Gasteiger partial charge in [0.05, 0.1) is 11.9 Å². The highest BCUT2D eigenvalue weighted by molar-refractivity contribution is 5.98. The number of anilines is 1. The second-order valence-corrected chi connectivity index (χ2v) is 8.54. The van der Waals surface area contributed by atoms with Gasteiger partial charge in [-0.25, -0.2) is 13.5 Å². The summed E-state index contributed by atoms with van der Waals surface area (Å²) in [7, 11) is 2.07. The molecular weight excluding hydrogens is 428 g/mol. The second kappa shape index (κ2) is 8.49. The number of fused-ring (bicyclic) bond motifs is 1. The fourth-order valence-electron chi connectivity index (χ4n) is 4.30. The molecule has 0 bridgehead atoms. The number of hydrogen-bond acceptors (Lipinski definition) is 6. The van der Waals surface area contributed by atoms with Gasteiger partial charge in [0.25, 0.3) is 0 Å². The molecule has 3 heterocycles. The normalized spacial score (nSPS) is 19.0. The Bertz CT molecular complexity index is 1230. The monoisotopic (exact) mass is 451 g/mol. The van der Waals surface area contributed by atoms with E-state index < -0.39 is 17.9 Å². The van der Waals surface area contributed by atoms with Crippen LogP contribution in [0.25, 0.3) is 17.3 Å². The number of carbonyl (C=O) groups is 1. The highest BCUT2D eigenvalue weighted by Crippen LogP contribution is 2.32. The maximum Gasteiger partial charge on any atom is 0.166 e. The molecule has 170 valence electrons. The molecule has 2 aromatic carbocycles. The standard InChI is InChI=1S/C24H23F2N5O2/c1-30-8-6-15(7-9-30)23(32)14-2-4-17(5-3-14)31-13-22(28-29-31)18-10-16-11-19(25)20(26)12-21(16)27-24(18)33/h2-5,10-13,15,24,27,33H,6-9H2,1H3. The minimum Gasteiger partial charge on any atom is -0.369 e. The Kier molecular flexibility index (Phi) is 5.51. The number of halogens is 2. The van der Waals surface area contributed by atoms with Crippen LogP contribution < -0.4 is 5.32 Å². The SMILES string of the molecule is CN1CCC(C(=O)c2ccc(-n3cc(C4=Cc5cc(F)c(F)cc5NC4O)nn3)cc2)CC1. The first-order valence-corrected chi connectivity index (χ1v) is 10.8. The van der Waals surface area contributed by atoms with Crippen LogP contribution in [0.4, 0.5) is 14.5 Å². The molecule has 0 amide bonds. The van der Waals surface area contributed by atoms with Crippen LogP contribution in [0.3, 0.4) is 0 Å². The zero-order valence-electron chi connectivity index (χ0n) is 18.0. The summed E-state index contributed by atoms with van der Waals surface area (Å²) in [4.78, 5) is 15.0. The first-order valence-electron chi connectivity index (χ1n) is 10.8. The van der Waals surface area contributed by atoms with Crippen molar-refractivity contribution in [1.82, 2.24) is 19.9 Å². The van der Waals surface area contributed by atoms with Crippen molar-refractivity contribution in [2.45, 2.75) is 19.1 Å². The van der Waals surface area contributed by atoms with Crippen LogP contribution >= 0.6 is 0 Å². The highest BCUT2D eigenvalue weighted by atomic mass is 19.2. The molecule has 1 aromatic heterocycles. The summed E-state index contributed by atoms with van der Waals surface area (Å²) >= 11 is 0. The quantitative estimate of drug-likeness (QED) is 0.592. The molecule has 0 spiro atoms. The molecule has 9 heteroatoms. The Morgan fingerprint density at radius 2 is 1.82 bits per heavy atom. The van der Waals surface area contributed by atoms with E-state index in [0.29, 0.717) is 33.8 Å². The number of Topliss-reactive ketones (excluding diaryl/α,β-unsaturated/α-hetero) is 1. The van der Waals surface area contributed by atoms with E-state index in [1.165, 1.54) is 4.68 Å². The predicted molar refractivity (Wildman–Crippen MR) is 120 cm³/mol. The fraction of sp³-hybridized carbons (Fsp3) is 0.292. The summed E-state index contributed by atoms with van der Waals surface area (Å²) in [5.74, 6) is -1.74. The van der Waals surface area contributed by atoms with E-state index in [0.717, 1.165) is 38.1 Å². The first-order chi connectivity index (χ1) is 15.9. The van der Waals surface area contributed by atoms with Crippen molar-refractivity contribution in [1.29, 1.82) is 0 Å². The number of nitrogens with zero attached hydrogens (tertiary/aromatic N) is 4. The molecule has 2 aliphatic rings. The van der Waals surface area contributed by atoms with Gasteiger partial charge in [-0.3, -0.25) is 4.79 Å². The molecule has 0 saturated carbocycles. The lowest BCUT2D eigenvalue weighted by Crippen LogP contribution is -2.33. The Hall–Kier alpha value is -3.43. The molecule has 0 aliphatic carbocycles. The van der Waals surface area contributed by atoms with Crippen LogP contribution in [0.1, 0.15) is 34.5 Å². The van der Waals surface area contributed by atoms with Gasteiger partial charge in [-0.05, 0) is 69.4 Å². The number of likely N-dealkylation sites (tertiary alicyclic amines) is 1. The molecule has 7 nitrogen and oxygen atoms in total. The molecule has 3 aromatic rings. The summed E-state index contributed by atoms with van der Waals surface area (Å²) in [6, 6.07) is 9.26. The van der Waals surface area contributed by atoms with E-state index in [1.54, 1.807) is 36.5 Å². The summed E-state index contributed by atoms with van der Waals surface area (Å²) in [6.45, 7) is 1.86. The van der Waals surface area contributed by atoms with Crippen LogP contribution in [-0.4, -0.2) is 57.1 Å². The van der Waals surface area contributed by atoms with Crippen LogP contribution in [0.5, 0.6) is 0 Å².